The van der Waals surface area contributed by atoms with Gasteiger partial charge in [0.25, 0.3) is 0 Å². The first-order valence-corrected chi connectivity index (χ1v) is 11.2. The highest BCUT2D eigenvalue weighted by atomic mass is 19.1. The Hall–Kier alpha value is -3.07. The number of carbonyl (C=O) groups excluding carboxylic acids is 1. The average molecular weight is 439 g/mol. The molecule has 1 amide bonds. The SMILES string of the molecule is CC(C)(CCCOc1ccc(F)cc1)C(=O)NC1CCC(Oc2ccc(C#N)cc2)CC1. The molecule has 2 aromatic carbocycles. The van der Waals surface area contributed by atoms with Crippen LogP contribution in [-0.4, -0.2) is 24.7 Å². The minimum atomic E-state index is -0.484. The van der Waals surface area contributed by atoms with Crippen LogP contribution in [0.25, 0.3) is 0 Å². The van der Waals surface area contributed by atoms with Gasteiger partial charge in [-0.1, -0.05) is 13.8 Å². The van der Waals surface area contributed by atoms with Crippen LogP contribution in [0.1, 0.15) is 57.9 Å². The van der Waals surface area contributed by atoms with E-state index in [2.05, 4.69) is 11.4 Å². The van der Waals surface area contributed by atoms with Gasteiger partial charge in [-0.15, -0.1) is 0 Å². The van der Waals surface area contributed by atoms with Gasteiger partial charge in [-0.3, -0.25) is 4.79 Å². The molecule has 0 radical (unpaired) electrons. The number of nitrogens with one attached hydrogen (secondary N) is 1. The molecule has 32 heavy (non-hydrogen) atoms. The largest absolute Gasteiger partial charge is 0.494 e. The summed E-state index contributed by atoms with van der Waals surface area (Å²) >= 11 is 0. The molecule has 2 aromatic rings. The van der Waals surface area contributed by atoms with Crippen molar-refractivity contribution in [3.63, 3.8) is 0 Å². The van der Waals surface area contributed by atoms with Crippen LogP contribution in [0.15, 0.2) is 48.5 Å². The standard InChI is InChI=1S/C26H31FN2O3/c1-26(2,16-3-17-31-22-12-6-20(27)7-13-22)25(30)29-21-8-14-24(15-9-21)32-23-10-4-19(18-28)5-11-23/h4-7,10-13,21,24H,3,8-9,14-17H2,1-2H3,(H,29,30). The highest BCUT2D eigenvalue weighted by Crippen LogP contribution is 2.27. The molecule has 0 aromatic heterocycles. The second kappa shape index (κ2) is 11.0. The lowest BCUT2D eigenvalue weighted by atomic mass is 9.85. The van der Waals surface area contributed by atoms with Crippen molar-refractivity contribution in [3.8, 4) is 17.6 Å². The first-order valence-electron chi connectivity index (χ1n) is 11.2. The molecule has 1 N–H and O–H groups in total. The Balaban J connectivity index is 1.36. The number of ether oxygens (including phenoxy) is 2. The van der Waals surface area contributed by atoms with E-state index < -0.39 is 5.41 Å². The van der Waals surface area contributed by atoms with E-state index in [4.69, 9.17) is 14.7 Å². The third-order valence-corrected chi connectivity index (χ3v) is 5.94. The molecule has 6 heteroatoms. The number of benzene rings is 2. The number of rotatable bonds is 9. The summed E-state index contributed by atoms with van der Waals surface area (Å²) in [5, 5.41) is 12.1. The van der Waals surface area contributed by atoms with Gasteiger partial charge in [0, 0.05) is 11.5 Å². The van der Waals surface area contributed by atoms with Crippen molar-refractivity contribution in [2.75, 3.05) is 6.61 Å². The monoisotopic (exact) mass is 438 g/mol. The zero-order valence-electron chi connectivity index (χ0n) is 18.8. The highest BCUT2D eigenvalue weighted by molar-refractivity contribution is 5.82. The quantitative estimate of drug-likeness (QED) is 0.533. The van der Waals surface area contributed by atoms with Crippen LogP contribution in [0.2, 0.25) is 0 Å². The fourth-order valence-corrected chi connectivity index (χ4v) is 3.85. The molecule has 170 valence electrons. The van der Waals surface area contributed by atoms with E-state index in [1.807, 2.05) is 26.0 Å². The first-order chi connectivity index (χ1) is 15.4. The summed E-state index contributed by atoms with van der Waals surface area (Å²) in [4.78, 5) is 12.8. The van der Waals surface area contributed by atoms with E-state index in [-0.39, 0.29) is 23.9 Å². The molecule has 0 atom stereocenters. The maximum Gasteiger partial charge on any atom is 0.225 e. The molecule has 0 heterocycles. The summed E-state index contributed by atoms with van der Waals surface area (Å²) in [5.41, 5.74) is 0.135. The van der Waals surface area contributed by atoms with E-state index >= 15 is 0 Å². The minimum Gasteiger partial charge on any atom is -0.494 e. The van der Waals surface area contributed by atoms with Gasteiger partial charge in [0.1, 0.15) is 17.3 Å². The normalized spacial score (nSPS) is 18.4. The third-order valence-electron chi connectivity index (χ3n) is 5.94. The van der Waals surface area contributed by atoms with Crippen molar-refractivity contribution in [3.05, 3.63) is 59.9 Å². The Kier molecular flexibility index (Phi) is 8.10. The predicted molar refractivity (Wildman–Crippen MR) is 121 cm³/mol. The number of nitrogens with zero attached hydrogens (tertiary/aromatic N) is 1. The summed E-state index contributed by atoms with van der Waals surface area (Å²) in [6, 6.07) is 15.4. The molecule has 0 unspecified atom stereocenters. The summed E-state index contributed by atoms with van der Waals surface area (Å²) < 4.78 is 24.6. The van der Waals surface area contributed by atoms with E-state index in [0.29, 0.717) is 24.3 Å². The van der Waals surface area contributed by atoms with Gasteiger partial charge in [-0.2, -0.15) is 5.26 Å². The van der Waals surface area contributed by atoms with Crippen molar-refractivity contribution >= 4 is 5.91 Å². The molecular formula is C26H31FN2O3. The summed E-state index contributed by atoms with van der Waals surface area (Å²) in [6.45, 7) is 4.40. The van der Waals surface area contributed by atoms with Gasteiger partial charge in [0.05, 0.1) is 24.3 Å². The number of amides is 1. The van der Waals surface area contributed by atoms with Crippen molar-refractivity contribution in [1.82, 2.24) is 5.32 Å². The van der Waals surface area contributed by atoms with E-state index in [9.17, 15) is 9.18 Å². The van der Waals surface area contributed by atoms with Gasteiger partial charge in [0.15, 0.2) is 0 Å². The van der Waals surface area contributed by atoms with E-state index in [1.54, 1.807) is 24.3 Å². The Labute approximate surface area is 189 Å². The minimum absolute atomic E-state index is 0.0655. The zero-order valence-corrected chi connectivity index (χ0v) is 18.8. The molecular weight excluding hydrogens is 407 g/mol. The smallest absolute Gasteiger partial charge is 0.225 e. The van der Waals surface area contributed by atoms with Crippen LogP contribution in [0.3, 0.4) is 0 Å². The Morgan fingerprint density at radius 1 is 1.06 bits per heavy atom. The molecule has 0 saturated heterocycles. The van der Waals surface area contributed by atoms with Crippen molar-refractivity contribution in [2.24, 2.45) is 5.41 Å². The maximum absolute atomic E-state index is 12.9. The Bertz CT molecular complexity index is 912. The van der Waals surface area contributed by atoms with Gasteiger partial charge < -0.3 is 14.8 Å². The highest BCUT2D eigenvalue weighted by Gasteiger charge is 2.31. The second-order valence-corrected chi connectivity index (χ2v) is 8.99. The number of hydrogen-bond acceptors (Lipinski definition) is 4. The predicted octanol–water partition coefficient (Wildman–Crippen LogP) is 5.39. The lowest BCUT2D eigenvalue weighted by Gasteiger charge is -2.32. The van der Waals surface area contributed by atoms with Crippen molar-refractivity contribution < 1.29 is 18.7 Å². The number of halogens is 1. The molecule has 0 aliphatic heterocycles. The lowest BCUT2D eigenvalue weighted by Crippen LogP contribution is -2.45. The van der Waals surface area contributed by atoms with E-state index in [0.717, 1.165) is 37.9 Å². The number of hydrogen-bond donors (Lipinski definition) is 1. The Morgan fingerprint density at radius 2 is 1.69 bits per heavy atom. The van der Waals surface area contributed by atoms with Gasteiger partial charge in [0.2, 0.25) is 5.91 Å². The van der Waals surface area contributed by atoms with E-state index in [1.165, 1.54) is 12.1 Å². The molecule has 1 aliphatic carbocycles. The fraction of sp³-hybridized carbons (Fsp3) is 0.462. The van der Waals surface area contributed by atoms with Crippen LogP contribution in [0.5, 0.6) is 11.5 Å². The molecule has 0 spiro atoms. The summed E-state index contributed by atoms with van der Waals surface area (Å²) in [5.74, 6) is 1.19. The van der Waals surface area contributed by atoms with Crippen LogP contribution >= 0.6 is 0 Å². The molecule has 1 fully saturated rings. The topological polar surface area (TPSA) is 71.3 Å². The molecule has 1 saturated carbocycles. The van der Waals surface area contributed by atoms with Crippen LogP contribution < -0.4 is 14.8 Å². The van der Waals surface area contributed by atoms with Crippen molar-refractivity contribution in [1.29, 1.82) is 5.26 Å². The second-order valence-electron chi connectivity index (χ2n) is 8.99. The Morgan fingerprint density at radius 3 is 2.31 bits per heavy atom. The molecule has 3 rings (SSSR count). The number of carbonyl (C=O) groups is 1. The molecule has 5 nitrogen and oxygen atoms in total. The van der Waals surface area contributed by atoms with Gasteiger partial charge >= 0.3 is 0 Å². The lowest BCUT2D eigenvalue weighted by molar-refractivity contribution is -0.130. The number of nitriles is 1. The molecule has 1 aliphatic rings. The van der Waals surface area contributed by atoms with Gasteiger partial charge in [-0.25, -0.2) is 4.39 Å². The third kappa shape index (κ3) is 6.98. The average Bonchev–Trinajstić information content (AvgIpc) is 2.79. The van der Waals surface area contributed by atoms with Gasteiger partial charge in [-0.05, 0) is 87.1 Å². The molecule has 0 bridgehead atoms. The van der Waals surface area contributed by atoms with Crippen molar-refractivity contribution in [2.45, 2.75) is 64.5 Å². The fourth-order valence-electron chi connectivity index (χ4n) is 3.85. The summed E-state index contributed by atoms with van der Waals surface area (Å²) in [7, 11) is 0. The van der Waals surface area contributed by atoms with Crippen LogP contribution in [0, 0.1) is 22.6 Å². The van der Waals surface area contributed by atoms with Crippen LogP contribution in [0.4, 0.5) is 4.39 Å². The summed E-state index contributed by atoms with van der Waals surface area (Å²) in [6.07, 6.45) is 5.12. The first kappa shape index (κ1) is 23.6. The zero-order chi connectivity index (χ0) is 23.0. The maximum atomic E-state index is 12.9. The van der Waals surface area contributed by atoms with Crippen LogP contribution in [-0.2, 0) is 4.79 Å².